The fourth-order valence-corrected chi connectivity index (χ4v) is 9.83. The van der Waals surface area contributed by atoms with Crippen LogP contribution >= 0.6 is 11.3 Å². The Morgan fingerprint density at radius 1 is 1.07 bits per heavy atom. The summed E-state index contributed by atoms with van der Waals surface area (Å²) < 4.78 is 19.7. The van der Waals surface area contributed by atoms with Crippen LogP contribution in [0.4, 0.5) is 0 Å². The van der Waals surface area contributed by atoms with Gasteiger partial charge in [0, 0.05) is 16.7 Å². The molecular weight excluding hydrogens is 591 g/mol. The Morgan fingerprint density at radius 2 is 1.70 bits per heavy atom. The van der Waals surface area contributed by atoms with Crippen molar-refractivity contribution in [3.05, 3.63) is 21.7 Å². The Morgan fingerprint density at radius 3 is 2.26 bits per heavy atom. The molecule has 3 rings (SSSR count). The first-order chi connectivity index (χ1) is 19.6. The van der Waals surface area contributed by atoms with Crippen molar-refractivity contribution in [2.24, 2.45) is 28.6 Å². The van der Waals surface area contributed by atoms with Gasteiger partial charge in [-0.25, -0.2) is 4.98 Å². The van der Waals surface area contributed by atoms with E-state index in [1.165, 1.54) is 0 Å². The molecule has 6 nitrogen and oxygen atoms in total. The van der Waals surface area contributed by atoms with E-state index < -0.39 is 28.2 Å². The summed E-state index contributed by atoms with van der Waals surface area (Å²) in [4.78, 5) is 32.8. The van der Waals surface area contributed by atoms with Gasteiger partial charge in [-0.1, -0.05) is 41.0 Å². The predicted molar refractivity (Wildman–Crippen MR) is 183 cm³/mol. The highest BCUT2D eigenvalue weighted by Gasteiger charge is 2.51. The van der Waals surface area contributed by atoms with Crippen LogP contribution in [0.15, 0.2) is 11.0 Å². The Hall–Kier alpha value is -1.14. The molecule has 0 N–H and O–H groups in total. The number of hydrogen-bond donors (Lipinski definition) is 0. The zero-order valence-electron chi connectivity index (χ0n) is 29.3. The number of hydrogen-bond acceptors (Lipinski definition) is 7. The molecule has 0 aromatic carbocycles. The van der Waals surface area contributed by atoms with Crippen molar-refractivity contribution >= 4 is 45.8 Å². The van der Waals surface area contributed by atoms with Gasteiger partial charge in [0.05, 0.1) is 29.3 Å². The van der Waals surface area contributed by atoms with Gasteiger partial charge in [0.1, 0.15) is 11.9 Å². The molecule has 1 aromatic rings. The summed E-state index contributed by atoms with van der Waals surface area (Å²) in [7, 11) is -4.03. The van der Waals surface area contributed by atoms with E-state index >= 15 is 0 Å². The summed E-state index contributed by atoms with van der Waals surface area (Å²) in [6.45, 7) is 27.6. The summed E-state index contributed by atoms with van der Waals surface area (Å²) >= 11 is 1.62. The summed E-state index contributed by atoms with van der Waals surface area (Å²) in [6.07, 6.45) is 6.28. The number of fused-ring (bicyclic) bond motifs is 1. The van der Waals surface area contributed by atoms with E-state index in [2.05, 4.69) is 71.1 Å². The number of carbonyl (C=O) groups excluding carboxylic acids is 2. The molecule has 7 atom stereocenters. The number of rotatable bonds is 6. The van der Waals surface area contributed by atoms with Gasteiger partial charge in [-0.15, -0.1) is 11.3 Å². The lowest BCUT2D eigenvalue weighted by Gasteiger charge is -2.41. The molecule has 2 fully saturated rings. The van der Waals surface area contributed by atoms with E-state index in [1.54, 1.807) is 11.3 Å². The maximum absolute atomic E-state index is 14.4. The van der Waals surface area contributed by atoms with Crippen LogP contribution in [0.1, 0.15) is 90.8 Å². The van der Waals surface area contributed by atoms with Crippen molar-refractivity contribution in [2.45, 2.75) is 145 Å². The van der Waals surface area contributed by atoms with Gasteiger partial charge in [-0.2, -0.15) is 0 Å². The van der Waals surface area contributed by atoms with Crippen molar-refractivity contribution in [1.82, 2.24) is 4.98 Å². The highest BCUT2D eigenvalue weighted by Crippen LogP contribution is 2.58. The molecule has 0 bridgehead atoms. The van der Waals surface area contributed by atoms with E-state index in [1.807, 2.05) is 33.1 Å². The van der Waals surface area contributed by atoms with Gasteiger partial charge >= 0.3 is 5.97 Å². The minimum absolute atomic E-state index is 0.0480. The minimum Gasteiger partial charge on any atom is -0.458 e. The van der Waals surface area contributed by atoms with Crippen LogP contribution in [0.2, 0.25) is 39.3 Å². The second kappa shape index (κ2) is 13.7. The first-order valence-corrected chi connectivity index (χ1v) is 24.0. The molecule has 1 aromatic heterocycles. The van der Waals surface area contributed by atoms with E-state index in [-0.39, 0.29) is 47.6 Å². The lowest BCUT2D eigenvalue weighted by Crippen LogP contribution is -2.51. The second-order valence-corrected chi connectivity index (χ2v) is 26.3. The lowest BCUT2D eigenvalue weighted by molar-refractivity contribution is -0.153. The number of esters is 1. The van der Waals surface area contributed by atoms with Crippen LogP contribution in [0.25, 0.3) is 6.08 Å². The molecular formula is C34H59NO5SSi2. The van der Waals surface area contributed by atoms with Crippen LogP contribution in [-0.2, 0) is 23.2 Å². The van der Waals surface area contributed by atoms with Crippen molar-refractivity contribution in [1.29, 1.82) is 0 Å². The maximum Gasteiger partial charge on any atom is 0.309 e. The molecule has 1 saturated carbocycles. The molecule has 244 valence electrons. The fraction of sp³-hybridized carbons (Fsp3) is 0.794. The largest absolute Gasteiger partial charge is 0.458 e. The van der Waals surface area contributed by atoms with E-state index in [0.29, 0.717) is 5.92 Å². The van der Waals surface area contributed by atoms with Gasteiger partial charge in [0.25, 0.3) is 0 Å². The topological polar surface area (TPSA) is 74.7 Å². The third-order valence-electron chi connectivity index (χ3n) is 9.48. The molecule has 1 aliphatic heterocycles. The van der Waals surface area contributed by atoms with Crippen molar-refractivity contribution in [3.8, 4) is 0 Å². The molecule has 9 heteroatoms. The number of carbonyl (C=O) groups is 2. The summed E-state index contributed by atoms with van der Waals surface area (Å²) in [5.41, 5.74) is 1.29. The number of aromatic nitrogens is 1. The smallest absolute Gasteiger partial charge is 0.309 e. The molecule has 2 heterocycles. The minimum atomic E-state index is -2.11. The predicted octanol–water partition coefficient (Wildman–Crippen LogP) is 9.06. The Balaban J connectivity index is 2.00. The Bertz CT molecular complexity index is 1170. The average Bonchev–Trinajstić information content (AvgIpc) is 3.30. The van der Waals surface area contributed by atoms with Crippen LogP contribution < -0.4 is 0 Å². The number of ketones is 1. The molecule has 0 spiro atoms. The van der Waals surface area contributed by atoms with Gasteiger partial charge in [0.15, 0.2) is 16.6 Å². The Kier molecular flexibility index (Phi) is 11.6. The molecule has 0 unspecified atom stereocenters. The molecule has 43 heavy (non-hydrogen) atoms. The van der Waals surface area contributed by atoms with Crippen LogP contribution in [0, 0.1) is 35.5 Å². The molecule has 1 aliphatic carbocycles. The maximum atomic E-state index is 14.4. The highest BCUT2D eigenvalue weighted by atomic mass is 32.1. The monoisotopic (exact) mass is 649 g/mol. The van der Waals surface area contributed by atoms with Crippen LogP contribution in [0.3, 0.4) is 0 Å². The number of aryl methyl sites for hydroxylation is 1. The summed E-state index contributed by atoms with van der Waals surface area (Å²) in [5, 5.41) is 3.06. The van der Waals surface area contributed by atoms with Gasteiger partial charge in [-0.05, 0) is 108 Å². The Labute approximate surface area is 268 Å². The lowest BCUT2D eigenvalue weighted by atomic mass is 9.73. The summed E-state index contributed by atoms with van der Waals surface area (Å²) in [6, 6.07) is 0. The number of cyclic esters (lactones) is 1. The van der Waals surface area contributed by atoms with Gasteiger partial charge in [-0.3, -0.25) is 9.59 Å². The number of ether oxygens (including phenoxy) is 1. The van der Waals surface area contributed by atoms with Gasteiger partial charge < -0.3 is 13.6 Å². The first-order valence-electron chi connectivity index (χ1n) is 16.3. The standard InChI is InChI=1S/C34H59NO5SSi2/c1-22-15-14-16-34(7)20-26(34)18-28(23(2)17-27-21-41-25(4)35-27)38-30(36)19-29(39-42(8,9)10)33(5,6)32(37)24(3)31(22)40-43(11,12)13/h17,21-22,24,26,28-29,31H,14-16,18-20H2,1-13H3/b23-17+/t22-,24+,26+,28-,29-,31-,34-/m0/s1. The SMILES string of the molecule is C/C(=C\c1csc(C)n1)[C@@H]1C[C@@H]2C[C@]2(C)CCC[C@H](C)[C@H](O[Si](C)(C)C)[C@@H](C)C(=O)C(C)(C)[C@@H](O[Si](C)(C)C)CC(=O)O1. The second-order valence-electron chi connectivity index (χ2n) is 16.3. The quantitative estimate of drug-likeness (QED) is 0.226. The third-order valence-corrected chi connectivity index (χ3v) is 12.2. The number of nitrogens with zero attached hydrogens (tertiary/aromatic N) is 1. The molecule has 2 aliphatic rings. The highest BCUT2D eigenvalue weighted by molar-refractivity contribution is 7.09. The van der Waals surface area contributed by atoms with E-state index in [9.17, 15) is 9.59 Å². The van der Waals surface area contributed by atoms with Crippen LogP contribution in [-0.4, -0.2) is 51.7 Å². The van der Waals surface area contributed by atoms with Crippen molar-refractivity contribution in [2.75, 3.05) is 0 Å². The van der Waals surface area contributed by atoms with Crippen molar-refractivity contribution < 1.29 is 23.2 Å². The normalized spacial score (nSPS) is 33.6. The number of Topliss-reactive ketones (excluding diaryl/α,β-unsaturated/α-hetero) is 1. The van der Waals surface area contributed by atoms with Gasteiger partial charge in [0.2, 0.25) is 0 Å². The summed E-state index contributed by atoms with van der Waals surface area (Å²) in [5.74, 6) is 0.260. The van der Waals surface area contributed by atoms with E-state index in [4.69, 9.17) is 13.6 Å². The molecule has 0 radical (unpaired) electrons. The zero-order valence-corrected chi connectivity index (χ0v) is 32.1. The first kappa shape index (κ1) is 36.3. The number of thiazole rings is 1. The average molecular weight is 650 g/mol. The molecule has 1 saturated heterocycles. The molecule has 0 amide bonds. The van der Waals surface area contributed by atoms with Crippen molar-refractivity contribution in [3.63, 3.8) is 0 Å². The van der Waals surface area contributed by atoms with Crippen LogP contribution in [0.5, 0.6) is 0 Å². The zero-order chi connectivity index (χ0) is 32.5. The fourth-order valence-electron chi connectivity index (χ4n) is 6.77. The van der Waals surface area contributed by atoms with E-state index in [0.717, 1.165) is 48.4 Å². The third kappa shape index (κ3) is 10.2.